The van der Waals surface area contributed by atoms with Crippen LogP contribution in [0.1, 0.15) is 119 Å². The van der Waals surface area contributed by atoms with E-state index in [1.165, 1.54) is 0 Å². The number of amides is 2. The van der Waals surface area contributed by atoms with Gasteiger partial charge in [-0.25, -0.2) is 14.2 Å². The third-order valence-electron chi connectivity index (χ3n) is 7.03. The minimum atomic E-state index is -0.512. The minimum absolute atomic E-state index is 0.00538. The molecule has 2 amide bonds. The molecule has 8 nitrogen and oxygen atoms in total. The second-order valence-corrected chi connectivity index (χ2v) is 10.9. The summed E-state index contributed by atoms with van der Waals surface area (Å²) in [6.45, 7) is 13.5. The van der Waals surface area contributed by atoms with E-state index in [1.807, 2.05) is 13.8 Å². The third-order valence-corrected chi connectivity index (χ3v) is 7.39. The third kappa shape index (κ3) is 8.32. The van der Waals surface area contributed by atoms with Crippen LogP contribution in [-0.4, -0.2) is 39.3 Å². The van der Waals surface area contributed by atoms with Crippen LogP contribution in [0.2, 0.25) is 5.15 Å². The number of hydrogen-bond donors (Lipinski definition) is 3. The molecule has 2 heterocycles. The quantitative estimate of drug-likeness (QED) is 0.253. The zero-order valence-electron chi connectivity index (χ0n) is 23.5. The summed E-state index contributed by atoms with van der Waals surface area (Å²) < 4.78 is 1.14. The Hall–Kier alpha value is -2.35. The first-order chi connectivity index (χ1) is 17.7. The molecule has 0 saturated carbocycles. The number of nitrogens with zero attached hydrogens (tertiary/aromatic N) is 2. The molecule has 2 unspecified atom stereocenters. The Morgan fingerprint density at radius 1 is 0.919 bits per heavy atom. The number of unbranched alkanes of at least 4 members (excludes halogenated alkanes) is 2. The van der Waals surface area contributed by atoms with E-state index in [2.05, 4.69) is 48.3 Å². The summed E-state index contributed by atoms with van der Waals surface area (Å²) in [6.07, 6.45) is 8.82. The van der Waals surface area contributed by atoms with Gasteiger partial charge in [-0.2, -0.15) is 0 Å². The molecule has 3 N–H and O–H groups in total. The summed E-state index contributed by atoms with van der Waals surface area (Å²) in [5.74, 6) is 0.480. The molecule has 0 fully saturated rings. The molecule has 0 bridgehead atoms. The molecular weight excluding hydrogens is 490 g/mol. The summed E-state index contributed by atoms with van der Waals surface area (Å²) in [4.78, 5) is 47.3. The molecular formula is C28H46ClN5O3. The number of aromatic nitrogens is 3. The monoisotopic (exact) mass is 535 g/mol. The van der Waals surface area contributed by atoms with Gasteiger partial charge in [0.05, 0.1) is 11.1 Å². The number of aromatic amines is 1. The predicted octanol–water partition coefficient (Wildman–Crippen LogP) is 5.77. The summed E-state index contributed by atoms with van der Waals surface area (Å²) in [6, 6.07) is 0. The molecule has 0 saturated heterocycles. The second-order valence-electron chi connectivity index (χ2n) is 10.5. The van der Waals surface area contributed by atoms with Crippen molar-refractivity contribution in [3.05, 3.63) is 32.6 Å². The Morgan fingerprint density at radius 3 is 1.89 bits per heavy atom. The topological polar surface area (TPSA) is 108 Å². The Kier molecular flexibility index (Phi) is 12.6. The lowest BCUT2D eigenvalue weighted by molar-refractivity contribution is 0.0913. The maximum Gasteiger partial charge on any atom is 0.333 e. The molecule has 0 aliphatic carbocycles. The Balaban J connectivity index is 2.49. The molecule has 0 radical (unpaired) electrons. The number of carbonyl (C=O) groups excluding carboxylic acids is 2. The summed E-state index contributed by atoms with van der Waals surface area (Å²) >= 11 is 6.62. The van der Waals surface area contributed by atoms with Crippen molar-refractivity contribution in [3.8, 4) is 0 Å². The number of nitrogens with one attached hydrogen (secondary N) is 3. The van der Waals surface area contributed by atoms with E-state index in [-0.39, 0.29) is 27.8 Å². The molecule has 9 heteroatoms. The number of fused-ring (bicyclic) bond motifs is 1. The molecule has 0 aromatic carbocycles. The van der Waals surface area contributed by atoms with Crippen molar-refractivity contribution >= 4 is 29.1 Å². The molecule has 2 aromatic rings. The van der Waals surface area contributed by atoms with Crippen molar-refractivity contribution < 1.29 is 9.59 Å². The largest absolute Gasteiger partial charge is 0.352 e. The van der Waals surface area contributed by atoms with Gasteiger partial charge in [-0.3, -0.25) is 14.6 Å². The maximum absolute atomic E-state index is 13.6. The van der Waals surface area contributed by atoms with Crippen LogP contribution >= 0.6 is 11.6 Å². The van der Waals surface area contributed by atoms with Gasteiger partial charge in [-0.15, -0.1) is 0 Å². The number of rotatable bonds is 16. The highest BCUT2D eigenvalue weighted by Gasteiger charge is 2.30. The van der Waals surface area contributed by atoms with Crippen molar-refractivity contribution in [2.45, 2.75) is 99.3 Å². The van der Waals surface area contributed by atoms with Crippen LogP contribution in [0.3, 0.4) is 0 Å². The maximum atomic E-state index is 13.6. The standard InChI is InChI=1S/C28H46ClN5O3/c1-7-11-13-19(9-3)16-30-26(35)22-23(27(36)31-17-20(10-4)14-12-8-2)25-32-21(15-18(5)6)33-28(37)34(25)24(22)29/h18-20H,7-17H2,1-6H3,(H,30,35)(H,31,36)(H,32,33,37). The van der Waals surface area contributed by atoms with Crippen LogP contribution in [0.15, 0.2) is 4.79 Å². The number of hydrogen-bond acceptors (Lipinski definition) is 4. The highest BCUT2D eigenvalue weighted by Crippen LogP contribution is 2.26. The average molecular weight is 536 g/mol. The van der Waals surface area contributed by atoms with Gasteiger partial charge in [-0.1, -0.05) is 91.7 Å². The van der Waals surface area contributed by atoms with E-state index in [0.29, 0.717) is 37.2 Å². The lowest BCUT2D eigenvalue weighted by Gasteiger charge is -2.16. The fourth-order valence-corrected chi connectivity index (χ4v) is 4.94. The lowest BCUT2D eigenvalue weighted by Crippen LogP contribution is -2.33. The van der Waals surface area contributed by atoms with E-state index in [9.17, 15) is 14.4 Å². The Bertz CT molecular complexity index is 1090. The molecule has 37 heavy (non-hydrogen) atoms. The molecule has 2 atom stereocenters. The van der Waals surface area contributed by atoms with Crippen molar-refractivity contribution in [1.82, 2.24) is 25.0 Å². The lowest BCUT2D eigenvalue weighted by atomic mass is 9.99. The normalized spacial score (nSPS) is 13.2. The predicted molar refractivity (Wildman–Crippen MR) is 151 cm³/mol. The Labute approximate surface area is 226 Å². The van der Waals surface area contributed by atoms with Crippen LogP contribution in [0.4, 0.5) is 0 Å². The van der Waals surface area contributed by atoms with E-state index < -0.39 is 17.5 Å². The van der Waals surface area contributed by atoms with Crippen LogP contribution in [0.5, 0.6) is 0 Å². The van der Waals surface area contributed by atoms with Gasteiger partial charge in [0.15, 0.2) is 5.65 Å². The molecule has 208 valence electrons. The summed E-state index contributed by atoms with van der Waals surface area (Å²) in [7, 11) is 0. The van der Waals surface area contributed by atoms with Gasteiger partial charge >= 0.3 is 5.69 Å². The van der Waals surface area contributed by atoms with Crippen molar-refractivity contribution in [1.29, 1.82) is 0 Å². The number of carbonyl (C=O) groups is 2. The molecule has 0 aliphatic heterocycles. The molecule has 0 spiro atoms. The van der Waals surface area contributed by atoms with Crippen LogP contribution in [-0.2, 0) is 6.42 Å². The van der Waals surface area contributed by atoms with Gasteiger partial charge in [0.2, 0.25) is 0 Å². The summed E-state index contributed by atoms with van der Waals surface area (Å²) in [5.41, 5.74) is -0.328. The first-order valence-corrected chi connectivity index (χ1v) is 14.4. The van der Waals surface area contributed by atoms with Gasteiger partial charge < -0.3 is 10.6 Å². The smallest absolute Gasteiger partial charge is 0.333 e. The molecule has 2 aromatic heterocycles. The highest BCUT2D eigenvalue weighted by atomic mass is 35.5. The van der Waals surface area contributed by atoms with Gasteiger partial charge in [0.1, 0.15) is 11.0 Å². The van der Waals surface area contributed by atoms with E-state index in [0.717, 1.165) is 55.8 Å². The minimum Gasteiger partial charge on any atom is -0.352 e. The van der Waals surface area contributed by atoms with Crippen LogP contribution in [0.25, 0.3) is 5.65 Å². The van der Waals surface area contributed by atoms with E-state index in [4.69, 9.17) is 11.6 Å². The van der Waals surface area contributed by atoms with Crippen molar-refractivity contribution in [2.75, 3.05) is 13.1 Å². The van der Waals surface area contributed by atoms with E-state index in [1.54, 1.807) is 0 Å². The van der Waals surface area contributed by atoms with Crippen LogP contribution < -0.4 is 16.3 Å². The summed E-state index contributed by atoms with van der Waals surface area (Å²) in [5, 5.41) is 5.87. The first kappa shape index (κ1) is 30.9. The number of halogens is 1. The fourth-order valence-electron chi connectivity index (χ4n) is 4.60. The zero-order chi connectivity index (χ0) is 27.5. The fraction of sp³-hybridized carbons (Fsp3) is 0.714. The zero-order valence-corrected chi connectivity index (χ0v) is 24.3. The van der Waals surface area contributed by atoms with E-state index >= 15 is 0 Å². The van der Waals surface area contributed by atoms with Gasteiger partial charge in [0, 0.05) is 19.5 Å². The molecule has 0 aliphatic rings. The SMILES string of the molecule is CCCCC(CC)CNC(=O)c1c(C(=O)NCC(CC)CCCC)c2nc(CC(C)C)[nH]c(=O)n2c1Cl. The Morgan fingerprint density at radius 2 is 1.43 bits per heavy atom. The highest BCUT2D eigenvalue weighted by molar-refractivity contribution is 6.35. The second kappa shape index (κ2) is 15.2. The molecule has 2 rings (SSSR count). The first-order valence-electron chi connectivity index (χ1n) is 14.1. The van der Waals surface area contributed by atoms with Crippen molar-refractivity contribution in [2.24, 2.45) is 17.8 Å². The van der Waals surface area contributed by atoms with Gasteiger partial charge in [0.25, 0.3) is 11.8 Å². The van der Waals surface area contributed by atoms with Crippen LogP contribution in [0, 0.1) is 17.8 Å². The van der Waals surface area contributed by atoms with Gasteiger partial charge in [-0.05, 0) is 30.6 Å². The van der Waals surface area contributed by atoms with Crippen molar-refractivity contribution in [3.63, 3.8) is 0 Å². The number of H-pyrrole nitrogens is 1. The average Bonchev–Trinajstić information content (AvgIpc) is 3.16.